The van der Waals surface area contributed by atoms with Crippen molar-refractivity contribution >= 4 is 29.9 Å². The van der Waals surface area contributed by atoms with Crippen molar-refractivity contribution in [1.29, 1.82) is 0 Å². The summed E-state index contributed by atoms with van der Waals surface area (Å²) >= 11 is 0. The van der Waals surface area contributed by atoms with Crippen molar-refractivity contribution in [2.45, 2.75) is 45.6 Å². The third kappa shape index (κ3) is 6.54. The van der Waals surface area contributed by atoms with E-state index in [-0.39, 0.29) is 40.7 Å². The van der Waals surface area contributed by atoms with E-state index in [4.69, 9.17) is 5.73 Å². The summed E-state index contributed by atoms with van der Waals surface area (Å²) in [4.78, 5) is 4.35. The number of nitrogens with two attached hydrogens (primary N) is 1. The van der Waals surface area contributed by atoms with Gasteiger partial charge in [-0.2, -0.15) is 0 Å². The summed E-state index contributed by atoms with van der Waals surface area (Å²) in [5.74, 6) is 0.187. The molecule has 0 saturated carbocycles. The monoisotopic (exact) mass is 393 g/mol. The van der Waals surface area contributed by atoms with Crippen molar-refractivity contribution in [3.8, 4) is 0 Å². The Kier molecular flexibility index (Phi) is 6.93. The fourth-order valence-corrected chi connectivity index (χ4v) is 1.71. The Hall–Kier alpha value is -0.850. The van der Waals surface area contributed by atoms with Gasteiger partial charge >= 0.3 is 0 Å². The molecule has 0 atom stereocenters. The summed E-state index contributed by atoms with van der Waals surface area (Å²) < 4.78 is 13.2. The molecule has 0 spiro atoms. The second-order valence-corrected chi connectivity index (χ2v) is 6.47. The molecule has 3 nitrogen and oxygen atoms in total. The van der Waals surface area contributed by atoms with E-state index in [1.807, 2.05) is 40.7 Å². The zero-order valence-corrected chi connectivity index (χ0v) is 15.2. The second-order valence-electron chi connectivity index (χ2n) is 6.47. The number of benzene rings is 1. The normalized spacial score (nSPS) is 12.8. The molecule has 0 bridgehead atoms. The molecule has 0 aromatic heterocycles. The van der Waals surface area contributed by atoms with Gasteiger partial charge in [-0.15, -0.1) is 24.0 Å². The Bertz CT molecular complexity index is 464. The Labute approximate surface area is 138 Å². The number of hydrogen-bond donors (Lipinski definition) is 2. The summed E-state index contributed by atoms with van der Waals surface area (Å²) in [7, 11) is 0. The van der Waals surface area contributed by atoms with Crippen LogP contribution in [-0.4, -0.2) is 18.0 Å². The first-order chi connectivity index (χ1) is 8.60. The van der Waals surface area contributed by atoms with E-state index < -0.39 is 0 Å². The Morgan fingerprint density at radius 2 is 1.85 bits per heavy atom. The van der Waals surface area contributed by atoms with Crippen molar-refractivity contribution < 1.29 is 4.39 Å². The standard InChI is InChI=1S/C15H24FN3.HI/c1-14(2,3)19-13(17)18-10-15(4,5)11-7-6-8-12(16)9-11;/h6-9H,10H2,1-5H3,(H3,17,18,19);1H. The van der Waals surface area contributed by atoms with Gasteiger partial charge in [0.2, 0.25) is 0 Å². The van der Waals surface area contributed by atoms with Gasteiger partial charge in [0.1, 0.15) is 5.82 Å². The quantitative estimate of drug-likeness (QED) is 0.470. The molecule has 0 unspecified atom stereocenters. The van der Waals surface area contributed by atoms with Gasteiger partial charge < -0.3 is 11.1 Å². The van der Waals surface area contributed by atoms with Gasteiger partial charge in [0.05, 0.1) is 6.54 Å². The van der Waals surface area contributed by atoms with Crippen molar-refractivity contribution in [2.75, 3.05) is 6.54 Å². The minimum atomic E-state index is -0.258. The lowest BCUT2D eigenvalue weighted by atomic mass is 9.85. The van der Waals surface area contributed by atoms with E-state index in [1.165, 1.54) is 6.07 Å². The minimum Gasteiger partial charge on any atom is -0.370 e. The number of nitrogens with zero attached hydrogens (tertiary/aromatic N) is 1. The second kappa shape index (κ2) is 7.24. The summed E-state index contributed by atoms with van der Waals surface area (Å²) in [5.41, 5.74) is 6.38. The highest BCUT2D eigenvalue weighted by atomic mass is 127. The summed E-state index contributed by atoms with van der Waals surface area (Å²) in [5, 5.41) is 3.11. The van der Waals surface area contributed by atoms with Gasteiger partial charge in [-0.05, 0) is 38.5 Å². The van der Waals surface area contributed by atoms with Gasteiger partial charge in [-0.25, -0.2) is 4.39 Å². The van der Waals surface area contributed by atoms with Crippen LogP contribution in [0.4, 0.5) is 4.39 Å². The zero-order chi connectivity index (χ0) is 14.7. The first-order valence-electron chi connectivity index (χ1n) is 6.44. The van der Waals surface area contributed by atoms with E-state index in [0.29, 0.717) is 12.5 Å². The maximum absolute atomic E-state index is 13.2. The maximum atomic E-state index is 13.2. The molecule has 1 aromatic rings. The number of nitrogens with one attached hydrogen (secondary N) is 1. The molecule has 0 aliphatic heterocycles. The van der Waals surface area contributed by atoms with E-state index in [2.05, 4.69) is 10.3 Å². The third-order valence-corrected chi connectivity index (χ3v) is 2.75. The number of hydrogen-bond acceptors (Lipinski definition) is 1. The fourth-order valence-electron chi connectivity index (χ4n) is 1.71. The van der Waals surface area contributed by atoms with Gasteiger partial charge in [-0.1, -0.05) is 26.0 Å². The highest BCUT2D eigenvalue weighted by Crippen LogP contribution is 2.24. The molecule has 20 heavy (non-hydrogen) atoms. The van der Waals surface area contributed by atoms with E-state index in [0.717, 1.165) is 5.56 Å². The van der Waals surface area contributed by atoms with Crippen LogP contribution < -0.4 is 11.1 Å². The molecule has 3 N–H and O–H groups in total. The molecular weight excluding hydrogens is 368 g/mol. The molecule has 0 heterocycles. The van der Waals surface area contributed by atoms with E-state index >= 15 is 0 Å². The van der Waals surface area contributed by atoms with Gasteiger partial charge in [-0.3, -0.25) is 4.99 Å². The molecule has 114 valence electrons. The van der Waals surface area contributed by atoms with Crippen LogP contribution in [0.2, 0.25) is 0 Å². The summed E-state index contributed by atoms with van der Waals surface area (Å²) in [6, 6.07) is 6.61. The first kappa shape index (κ1) is 19.1. The summed E-state index contributed by atoms with van der Waals surface area (Å²) in [6.45, 7) is 10.6. The fraction of sp³-hybridized carbons (Fsp3) is 0.533. The van der Waals surface area contributed by atoms with Gasteiger partial charge in [0.15, 0.2) is 5.96 Å². The molecule has 0 saturated heterocycles. The van der Waals surface area contributed by atoms with Crippen LogP contribution in [0.15, 0.2) is 29.3 Å². The molecule has 5 heteroatoms. The Morgan fingerprint density at radius 3 is 2.35 bits per heavy atom. The lowest BCUT2D eigenvalue weighted by molar-refractivity contribution is 0.499. The highest BCUT2D eigenvalue weighted by molar-refractivity contribution is 14.0. The lowest BCUT2D eigenvalue weighted by Crippen LogP contribution is -2.45. The first-order valence-corrected chi connectivity index (χ1v) is 6.44. The average molecular weight is 393 g/mol. The number of guanidine groups is 1. The molecule has 0 amide bonds. The SMILES string of the molecule is CC(C)(C)NC(N)=NCC(C)(C)c1cccc(F)c1.I. The van der Waals surface area contributed by atoms with Gasteiger partial charge in [0, 0.05) is 11.0 Å². The lowest BCUT2D eigenvalue weighted by Gasteiger charge is -2.25. The summed E-state index contributed by atoms with van der Waals surface area (Å²) in [6.07, 6.45) is 0. The van der Waals surface area contributed by atoms with Crippen molar-refractivity contribution in [3.05, 3.63) is 35.6 Å². The molecule has 0 aliphatic rings. The number of halogens is 2. The smallest absolute Gasteiger partial charge is 0.189 e. The van der Waals surface area contributed by atoms with Crippen LogP contribution in [0.3, 0.4) is 0 Å². The van der Waals surface area contributed by atoms with Crippen LogP contribution in [0.1, 0.15) is 40.2 Å². The van der Waals surface area contributed by atoms with Crippen molar-refractivity contribution in [3.63, 3.8) is 0 Å². The zero-order valence-electron chi connectivity index (χ0n) is 12.8. The van der Waals surface area contributed by atoms with Crippen LogP contribution in [-0.2, 0) is 5.41 Å². The van der Waals surface area contributed by atoms with Gasteiger partial charge in [0.25, 0.3) is 0 Å². The van der Waals surface area contributed by atoms with Crippen LogP contribution in [0.5, 0.6) is 0 Å². The third-order valence-electron chi connectivity index (χ3n) is 2.75. The Balaban J connectivity index is 0.00000361. The Morgan fingerprint density at radius 1 is 1.25 bits per heavy atom. The number of aliphatic imine (C=N–C) groups is 1. The molecule has 0 fully saturated rings. The van der Waals surface area contributed by atoms with Crippen LogP contribution in [0, 0.1) is 5.82 Å². The molecule has 0 aliphatic carbocycles. The van der Waals surface area contributed by atoms with E-state index in [1.54, 1.807) is 12.1 Å². The van der Waals surface area contributed by atoms with Crippen molar-refractivity contribution in [2.24, 2.45) is 10.7 Å². The van der Waals surface area contributed by atoms with Crippen molar-refractivity contribution in [1.82, 2.24) is 5.32 Å². The predicted octanol–water partition coefficient (Wildman–Crippen LogP) is 3.42. The van der Waals surface area contributed by atoms with E-state index in [9.17, 15) is 4.39 Å². The van der Waals surface area contributed by atoms with Crippen LogP contribution in [0.25, 0.3) is 0 Å². The average Bonchev–Trinajstić information content (AvgIpc) is 2.24. The number of rotatable bonds is 3. The van der Waals surface area contributed by atoms with Crippen LogP contribution >= 0.6 is 24.0 Å². The molecular formula is C15H25FIN3. The molecule has 0 radical (unpaired) electrons. The molecule has 1 rings (SSSR count). The largest absolute Gasteiger partial charge is 0.370 e. The topological polar surface area (TPSA) is 50.4 Å². The minimum absolute atomic E-state index is 0. The predicted molar refractivity (Wildman–Crippen MR) is 94.2 cm³/mol. The molecule has 1 aromatic carbocycles. The maximum Gasteiger partial charge on any atom is 0.189 e. The highest BCUT2D eigenvalue weighted by Gasteiger charge is 2.21.